The van der Waals surface area contributed by atoms with Crippen molar-refractivity contribution in [3.05, 3.63) is 0 Å². The molecule has 0 aliphatic carbocycles. The molecule has 0 aromatic rings. The molecule has 0 bridgehead atoms. The minimum absolute atomic E-state index is 0.224. The molecule has 2 unspecified atom stereocenters. The minimum Gasteiger partial charge on any atom is -0.298 e. The summed E-state index contributed by atoms with van der Waals surface area (Å²) in [5.41, 5.74) is 0. The predicted octanol–water partition coefficient (Wildman–Crippen LogP) is 5.55. The van der Waals surface area contributed by atoms with Gasteiger partial charge >= 0.3 is 24.2 Å². The molecule has 0 aromatic heterocycles. The minimum atomic E-state index is -6.72. The number of hydrogen-bond donors (Lipinski definition) is 0. The van der Waals surface area contributed by atoms with Crippen molar-refractivity contribution in [2.75, 3.05) is 0 Å². The molecule has 0 amide bonds. The van der Waals surface area contributed by atoms with Gasteiger partial charge in [0.2, 0.25) is 0 Å². The summed E-state index contributed by atoms with van der Waals surface area (Å²) in [6, 6.07) is 0. The van der Waals surface area contributed by atoms with Gasteiger partial charge in [-0.1, -0.05) is 13.8 Å². The predicted molar refractivity (Wildman–Crippen MR) is 51.3 cm³/mol. The van der Waals surface area contributed by atoms with Crippen LogP contribution in [0.5, 0.6) is 0 Å². The molecule has 0 rings (SSSR count). The zero-order chi connectivity index (χ0) is 19.1. The summed E-state index contributed by atoms with van der Waals surface area (Å²) in [5, 5.41) is 0. The van der Waals surface area contributed by atoms with Gasteiger partial charge in [-0.15, -0.1) is 0 Å². The fourth-order valence-electron chi connectivity index (χ4n) is 1.40. The van der Waals surface area contributed by atoms with Gasteiger partial charge in [0.05, 0.1) is 0 Å². The van der Waals surface area contributed by atoms with E-state index in [1.165, 1.54) is 0 Å². The van der Waals surface area contributed by atoms with E-state index in [0.717, 1.165) is 0 Å². The van der Waals surface area contributed by atoms with Gasteiger partial charge in [-0.05, 0) is 0 Å². The highest BCUT2D eigenvalue weighted by atomic mass is 19.4. The zero-order valence-electron chi connectivity index (χ0n) is 11.4. The van der Waals surface area contributed by atoms with Gasteiger partial charge < -0.3 is 0 Å². The lowest BCUT2D eigenvalue weighted by atomic mass is 10.0. The molecule has 140 valence electrons. The third-order valence-electron chi connectivity index (χ3n) is 2.88. The summed E-state index contributed by atoms with van der Waals surface area (Å²) < 4.78 is 155. The SMILES string of the molecule is CCC(F)(OC(F)(CC)C(F)(F)C(F)(F)F)C(F)(F)C(F)(F)F. The van der Waals surface area contributed by atoms with Gasteiger partial charge in [0, 0.05) is 12.8 Å². The summed E-state index contributed by atoms with van der Waals surface area (Å²) >= 11 is 0. The first-order valence-electron chi connectivity index (χ1n) is 5.80. The van der Waals surface area contributed by atoms with E-state index in [1.54, 1.807) is 0 Å². The third kappa shape index (κ3) is 3.48. The second kappa shape index (κ2) is 5.88. The van der Waals surface area contributed by atoms with Crippen molar-refractivity contribution in [2.24, 2.45) is 0 Å². The first-order chi connectivity index (χ1) is 9.83. The van der Waals surface area contributed by atoms with Crippen LogP contribution in [0.25, 0.3) is 0 Å². The van der Waals surface area contributed by atoms with Gasteiger partial charge in [-0.2, -0.15) is 43.9 Å². The molecule has 1 nitrogen and oxygen atoms in total. The van der Waals surface area contributed by atoms with E-state index in [1.807, 2.05) is 0 Å². The molecule has 0 heterocycles. The molecule has 2 atom stereocenters. The molecular formula is C10H10F12O. The highest BCUT2D eigenvalue weighted by Gasteiger charge is 2.78. The van der Waals surface area contributed by atoms with E-state index < -0.39 is 48.7 Å². The van der Waals surface area contributed by atoms with Crippen LogP contribution in [0.4, 0.5) is 52.7 Å². The Bertz CT molecular complexity index is 375. The number of alkyl halides is 12. The largest absolute Gasteiger partial charge is 0.459 e. The van der Waals surface area contributed by atoms with Gasteiger partial charge in [0.15, 0.2) is 0 Å². The Hall–Kier alpha value is -0.880. The smallest absolute Gasteiger partial charge is 0.298 e. The van der Waals surface area contributed by atoms with Gasteiger partial charge in [-0.3, -0.25) is 4.74 Å². The van der Waals surface area contributed by atoms with Crippen molar-refractivity contribution in [1.82, 2.24) is 0 Å². The van der Waals surface area contributed by atoms with Crippen LogP contribution in [-0.4, -0.2) is 35.9 Å². The highest BCUT2D eigenvalue weighted by molar-refractivity contribution is 4.98. The maximum Gasteiger partial charge on any atom is 0.459 e. The molecule has 13 heteroatoms. The maximum atomic E-state index is 13.8. The van der Waals surface area contributed by atoms with Crippen molar-refractivity contribution < 1.29 is 57.4 Å². The fraction of sp³-hybridized carbons (Fsp3) is 1.00. The van der Waals surface area contributed by atoms with E-state index >= 15 is 0 Å². The van der Waals surface area contributed by atoms with E-state index in [4.69, 9.17) is 0 Å². The summed E-state index contributed by atoms with van der Waals surface area (Å²) in [5.74, 6) is -24.0. The number of ether oxygens (including phenoxy) is 1. The molecule has 0 radical (unpaired) electrons. The average Bonchev–Trinajstić information content (AvgIpc) is 2.35. The van der Waals surface area contributed by atoms with Gasteiger partial charge in [-0.25, -0.2) is 8.78 Å². The Kier molecular flexibility index (Phi) is 5.66. The summed E-state index contributed by atoms with van der Waals surface area (Å²) in [4.78, 5) is 0. The van der Waals surface area contributed by atoms with Crippen molar-refractivity contribution in [3.63, 3.8) is 0 Å². The number of rotatable bonds is 6. The third-order valence-corrected chi connectivity index (χ3v) is 2.88. The first-order valence-corrected chi connectivity index (χ1v) is 5.80. The van der Waals surface area contributed by atoms with Crippen molar-refractivity contribution >= 4 is 0 Å². The second-order valence-electron chi connectivity index (χ2n) is 4.41. The first kappa shape index (κ1) is 22.1. The Labute approximate surface area is 121 Å². The van der Waals surface area contributed by atoms with Crippen LogP contribution < -0.4 is 0 Å². The maximum absolute atomic E-state index is 13.8. The van der Waals surface area contributed by atoms with E-state index in [9.17, 15) is 52.7 Å². The lowest BCUT2D eigenvalue weighted by Crippen LogP contribution is -2.64. The number of hydrogen-bond acceptors (Lipinski definition) is 1. The number of halogens is 12. The molecule has 0 aliphatic heterocycles. The van der Waals surface area contributed by atoms with Crippen LogP contribution >= 0.6 is 0 Å². The van der Waals surface area contributed by atoms with Crippen molar-refractivity contribution in [2.45, 2.75) is 62.6 Å². The molecule has 0 aromatic carbocycles. The normalized spacial score (nSPS) is 20.1. The van der Waals surface area contributed by atoms with Crippen LogP contribution in [0, 0.1) is 0 Å². The summed E-state index contributed by atoms with van der Waals surface area (Å²) in [7, 11) is 0. The fourth-order valence-corrected chi connectivity index (χ4v) is 1.40. The van der Waals surface area contributed by atoms with Crippen LogP contribution in [0.15, 0.2) is 0 Å². The quantitative estimate of drug-likeness (QED) is 0.554. The summed E-state index contributed by atoms with van der Waals surface area (Å²) in [6.07, 6.45) is -17.6. The Morgan fingerprint density at radius 2 is 0.739 bits per heavy atom. The van der Waals surface area contributed by atoms with Crippen LogP contribution in [-0.2, 0) is 4.74 Å². The molecule has 0 aliphatic rings. The molecule has 23 heavy (non-hydrogen) atoms. The summed E-state index contributed by atoms with van der Waals surface area (Å²) in [6.45, 7) is 0.447. The second-order valence-corrected chi connectivity index (χ2v) is 4.41. The average molecular weight is 374 g/mol. The van der Waals surface area contributed by atoms with Crippen LogP contribution in [0.2, 0.25) is 0 Å². The molecule has 0 saturated carbocycles. The standard InChI is InChI=1S/C10H10F12O/c1-3-5(11,7(13,14)9(17,18)19)23-6(12,4-2)8(15,16)10(20,21)22/h3-4H2,1-2H3. The van der Waals surface area contributed by atoms with E-state index in [-0.39, 0.29) is 13.8 Å². The molecule has 0 N–H and O–H groups in total. The van der Waals surface area contributed by atoms with E-state index in [0.29, 0.717) is 0 Å². The Morgan fingerprint density at radius 1 is 0.522 bits per heavy atom. The van der Waals surface area contributed by atoms with Crippen LogP contribution in [0.1, 0.15) is 26.7 Å². The van der Waals surface area contributed by atoms with Crippen molar-refractivity contribution in [1.29, 1.82) is 0 Å². The lowest BCUT2D eigenvalue weighted by Gasteiger charge is -2.41. The zero-order valence-corrected chi connectivity index (χ0v) is 11.4. The topological polar surface area (TPSA) is 9.23 Å². The molecular weight excluding hydrogens is 364 g/mol. The van der Waals surface area contributed by atoms with E-state index in [2.05, 4.69) is 4.74 Å². The highest BCUT2D eigenvalue weighted by Crippen LogP contribution is 2.54. The monoisotopic (exact) mass is 374 g/mol. The molecule has 0 spiro atoms. The van der Waals surface area contributed by atoms with Crippen LogP contribution in [0.3, 0.4) is 0 Å². The molecule has 0 fully saturated rings. The molecule has 0 saturated heterocycles. The Morgan fingerprint density at radius 3 is 0.870 bits per heavy atom. The lowest BCUT2D eigenvalue weighted by molar-refractivity contribution is -0.459. The van der Waals surface area contributed by atoms with Gasteiger partial charge in [0.1, 0.15) is 0 Å². The van der Waals surface area contributed by atoms with Crippen molar-refractivity contribution in [3.8, 4) is 0 Å². The van der Waals surface area contributed by atoms with Gasteiger partial charge in [0.25, 0.3) is 11.7 Å². The Balaban J connectivity index is 6.05.